The Hall–Kier alpha value is -3.84. The Labute approximate surface area is 287 Å². The molecule has 0 atom stereocenters. The van der Waals surface area contributed by atoms with Gasteiger partial charge in [0, 0.05) is 36.9 Å². The summed E-state index contributed by atoms with van der Waals surface area (Å²) in [4.78, 5) is 45.5. The molecule has 46 heavy (non-hydrogen) atoms. The number of thiazole rings is 3. The molecule has 9 rings (SSSR count). The Morgan fingerprint density at radius 3 is 1.37 bits per heavy atom. The molecule has 11 heteroatoms. The monoisotopic (exact) mass is 703 g/mol. The molecule has 0 spiro atoms. The average Bonchev–Trinajstić information content (AvgIpc) is 3.79. The minimum Gasteiger partial charge on any atom is -0.289 e. The second kappa shape index (κ2) is 11.4. The molecule has 3 aromatic heterocycles. The molecule has 0 saturated carbocycles. The minimum atomic E-state index is -0.160. The topological polar surface area (TPSA) is 72.8 Å². The summed E-state index contributed by atoms with van der Waals surface area (Å²) in [7, 11) is 0. The Balaban J connectivity index is 1.14. The van der Waals surface area contributed by atoms with E-state index in [9.17, 15) is 9.59 Å². The van der Waals surface area contributed by atoms with E-state index in [0.29, 0.717) is 22.3 Å². The number of para-hydroxylation sites is 3. The zero-order chi connectivity index (χ0) is 30.8. The molecule has 3 heterocycles. The molecule has 0 radical (unpaired) electrons. The van der Waals surface area contributed by atoms with Gasteiger partial charge in [-0.15, -0.1) is 34.0 Å². The van der Waals surface area contributed by atoms with Crippen LogP contribution in [0.2, 0.25) is 0 Å². The number of ketones is 2. The van der Waals surface area contributed by atoms with Crippen LogP contribution in [0.15, 0.2) is 131 Å². The molecule has 8 aromatic rings. The second-order valence-electron chi connectivity index (χ2n) is 10.3. The van der Waals surface area contributed by atoms with E-state index in [4.69, 9.17) is 15.0 Å². The molecule has 0 aliphatic heterocycles. The normalized spacial score (nSPS) is 12.7. The first-order valence-electron chi connectivity index (χ1n) is 14.1. The van der Waals surface area contributed by atoms with Crippen molar-refractivity contribution in [3.8, 4) is 0 Å². The predicted octanol–water partition coefficient (Wildman–Crippen LogP) is 10.7. The lowest BCUT2D eigenvalue weighted by Gasteiger charge is -2.22. The number of rotatable bonds is 6. The van der Waals surface area contributed by atoms with Crippen LogP contribution in [0.5, 0.6) is 0 Å². The highest BCUT2D eigenvalue weighted by Gasteiger charge is 2.35. The van der Waals surface area contributed by atoms with Gasteiger partial charge in [0.05, 0.1) is 30.6 Å². The van der Waals surface area contributed by atoms with E-state index in [2.05, 4.69) is 6.07 Å². The molecule has 220 valence electrons. The molecule has 1 aliphatic carbocycles. The van der Waals surface area contributed by atoms with Crippen LogP contribution in [0.1, 0.15) is 31.8 Å². The van der Waals surface area contributed by atoms with Crippen LogP contribution in [0.3, 0.4) is 0 Å². The standard InChI is InChI=1S/C35H17N3O2S6/c39-31-19-14-13-18(41-33-36-21-7-1-4-10-24(21)42-33)17-20(19)32(40)30-28(46-35-38-23-9-3-6-12-26(23)44-35)16-15-27(29(30)31)45-34-37-22-8-2-5-11-25(22)43-34/h1-17H. The Bertz CT molecular complexity index is 2430. The zero-order valence-corrected chi connectivity index (χ0v) is 28.3. The fourth-order valence-corrected chi connectivity index (χ4v) is 11.8. The third kappa shape index (κ3) is 4.98. The van der Waals surface area contributed by atoms with Gasteiger partial charge in [0.25, 0.3) is 0 Å². The summed E-state index contributed by atoms with van der Waals surface area (Å²) in [5.74, 6) is -0.316. The predicted molar refractivity (Wildman–Crippen MR) is 191 cm³/mol. The SMILES string of the molecule is O=C1c2ccc(Sc3nc4ccccc4s3)cc2C(=O)c2c(Sc3nc4ccccc4s3)ccc(Sc3nc4ccccc4s3)c21. The van der Waals surface area contributed by atoms with Crippen molar-refractivity contribution in [2.45, 2.75) is 27.7 Å². The van der Waals surface area contributed by atoms with Gasteiger partial charge in [0.15, 0.2) is 24.6 Å². The summed E-state index contributed by atoms with van der Waals surface area (Å²) in [5.41, 5.74) is 4.46. The summed E-state index contributed by atoms with van der Waals surface area (Å²) in [6.45, 7) is 0. The van der Waals surface area contributed by atoms with Gasteiger partial charge in [-0.3, -0.25) is 9.59 Å². The molecule has 0 saturated heterocycles. The van der Waals surface area contributed by atoms with E-state index in [1.807, 2.05) is 91.0 Å². The van der Waals surface area contributed by atoms with Crippen molar-refractivity contribution in [2.24, 2.45) is 0 Å². The first-order valence-corrected chi connectivity index (χ1v) is 19.0. The minimum absolute atomic E-state index is 0.156. The quantitative estimate of drug-likeness (QED) is 0.169. The van der Waals surface area contributed by atoms with Crippen LogP contribution in [0.4, 0.5) is 0 Å². The maximum atomic E-state index is 14.5. The molecule has 5 aromatic carbocycles. The van der Waals surface area contributed by atoms with E-state index < -0.39 is 0 Å². The lowest BCUT2D eigenvalue weighted by Crippen LogP contribution is -2.22. The summed E-state index contributed by atoms with van der Waals surface area (Å²) in [6.07, 6.45) is 0. The molecular weight excluding hydrogens is 687 g/mol. The van der Waals surface area contributed by atoms with Crippen LogP contribution in [-0.4, -0.2) is 26.5 Å². The van der Waals surface area contributed by atoms with Gasteiger partial charge >= 0.3 is 0 Å². The van der Waals surface area contributed by atoms with Crippen LogP contribution >= 0.6 is 69.3 Å². The van der Waals surface area contributed by atoms with Crippen molar-refractivity contribution in [2.75, 3.05) is 0 Å². The third-order valence-electron chi connectivity index (χ3n) is 7.49. The maximum absolute atomic E-state index is 14.5. The highest BCUT2D eigenvalue weighted by Crippen LogP contribution is 2.46. The molecule has 0 amide bonds. The summed E-state index contributed by atoms with van der Waals surface area (Å²) in [6, 6.07) is 33.4. The highest BCUT2D eigenvalue weighted by atomic mass is 32.2. The van der Waals surface area contributed by atoms with E-state index >= 15 is 0 Å². The largest absolute Gasteiger partial charge is 0.289 e. The number of hydrogen-bond donors (Lipinski definition) is 0. The van der Waals surface area contributed by atoms with E-state index in [0.717, 1.165) is 58.4 Å². The third-order valence-corrected chi connectivity index (χ3v) is 13.9. The number of nitrogens with zero attached hydrogens (tertiary/aromatic N) is 3. The lowest BCUT2D eigenvalue weighted by atomic mass is 9.84. The molecule has 0 bridgehead atoms. The molecule has 0 unspecified atom stereocenters. The van der Waals surface area contributed by atoms with Crippen molar-refractivity contribution >= 4 is 112 Å². The molecule has 0 fully saturated rings. The summed E-state index contributed by atoms with van der Waals surface area (Å²) < 4.78 is 5.79. The first-order chi connectivity index (χ1) is 22.6. The van der Waals surface area contributed by atoms with Gasteiger partial charge in [-0.1, -0.05) is 71.7 Å². The zero-order valence-electron chi connectivity index (χ0n) is 23.4. The molecule has 0 N–H and O–H groups in total. The Morgan fingerprint density at radius 2 is 0.891 bits per heavy atom. The maximum Gasteiger partial charge on any atom is 0.195 e. The van der Waals surface area contributed by atoms with Crippen LogP contribution in [0, 0.1) is 0 Å². The fraction of sp³-hybridized carbons (Fsp3) is 0. The van der Waals surface area contributed by atoms with Crippen LogP contribution < -0.4 is 0 Å². The van der Waals surface area contributed by atoms with Crippen LogP contribution in [0.25, 0.3) is 30.6 Å². The Kier molecular flexibility index (Phi) is 7.06. The first kappa shape index (κ1) is 28.4. The number of hydrogen-bond acceptors (Lipinski definition) is 11. The van der Waals surface area contributed by atoms with Gasteiger partial charge in [0.2, 0.25) is 0 Å². The molecule has 5 nitrogen and oxygen atoms in total. The van der Waals surface area contributed by atoms with Crippen molar-refractivity contribution in [3.05, 3.63) is 125 Å². The fourth-order valence-electron chi connectivity index (χ4n) is 5.40. The van der Waals surface area contributed by atoms with Gasteiger partial charge < -0.3 is 0 Å². The van der Waals surface area contributed by atoms with Gasteiger partial charge in [-0.25, -0.2) is 15.0 Å². The summed E-state index contributed by atoms with van der Waals surface area (Å²) >= 11 is 9.14. The number of carbonyl (C=O) groups excluding carboxylic acids is 2. The summed E-state index contributed by atoms with van der Waals surface area (Å²) in [5, 5.41) is 0. The average molecular weight is 704 g/mol. The molecular formula is C35H17N3O2S6. The van der Waals surface area contributed by atoms with Crippen molar-refractivity contribution in [1.29, 1.82) is 0 Å². The number of carbonyl (C=O) groups is 2. The number of aromatic nitrogens is 3. The number of fused-ring (bicyclic) bond motifs is 5. The van der Waals surface area contributed by atoms with Crippen molar-refractivity contribution in [1.82, 2.24) is 15.0 Å². The van der Waals surface area contributed by atoms with Crippen molar-refractivity contribution in [3.63, 3.8) is 0 Å². The molecule has 1 aliphatic rings. The Morgan fingerprint density at radius 1 is 0.457 bits per heavy atom. The van der Waals surface area contributed by atoms with Crippen molar-refractivity contribution < 1.29 is 9.59 Å². The number of benzene rings is 5. The van der Waals surface area contributed by atoms with Gasteiger partial charge in [0.1, 0.15) is 0 Å². The highest BCUT2D eigenvalue weighted by molar-refractivity contribution is 8.02. The van der Waals surface area contributed by atoms with Crippen LogP contribution in [-0.2, 0) is 0 Å². The van der Waals surface area contributed by atoms with Gasteiger partial charge in [-0.05, 0) is 66.7 Å². The smallest absolute Gasteiger partial charge is 0.195 e. The van der Waals surface area contributed by atoms with Gasteiger partial charge in [-0.2, -0.15) is 0 Å². The van der Waals surface area contributed by atoms with E-state index in [-0.39, 0.29) is 11.6 Å². The van der Waals surface area contributed by atoms with E-state index in [1.54, 1.807) is 40.1 Å². The lowest BCUT2D eigenvalue weighted by molar-refractivity contribution is 0.0974. The van der Waals surface area contributed by atoms with E-state index in [1.165, 1.54) is 35.3 Å². The second-order valence-corrected chi connectivity index (χ2v) is 17.3.